The third-order valence-corrected chi connectivity index (χ3v) is 10.2. The Morgan fingerprint density at radius 2 is 0.943 bits per heavy atom. The summed E-state index contributed by atoms with van der Waals surface area (Å²) in [7, 11) is -4.02. The molecule has 0 unspecified atom stereocenters. The van der Waals surface area contributed by atoms with E-state index in [0.717, 1.165) is 16.4 Å². The van der Waals surface area contributed by atoms with E-state index in [2.05, 4.69) is 58.7 Å². The van der Waals surface area contributed by atoms with E-state index in [9.17, 15) is 4.57 Å². The molecule has 6 heteroatoms. The molecule has 4 aromatic carbocycles. The highest BCUT2D eigenvalue weighted by atomic mass is 31.2. The highest BCUT2D eigenvalue weighted by molar-refractivity contribution is 7.80. The van der Waals surface area contributed by atoms with Crippen molar-refractivity contribution in [2.24, 2.45) is 0 Å². The van der Waals surface area contributed by atoms with Gasteiger partial charge in [-0.15, -0.1) is 0 Å². The summed E-state index contributed by atoms with van der Waals surface area (Å²) in [5.41, 5.74) is 0. The Morgan fingerprint density at radius 1 is 0.514 bits per heavy atom. The maximum Gasteiger partial charge on any atom is 0.228 e. The number of pyridine rings is 1. The molecule has 0 bridgehead atoms. The van der Waals surface area contributed by atoms with Gasteiger partial charge in [-0.3, -0.25) is 4.57 Å². The molecule has 0 amide bonds. The summed E-state index contributed by atoms with van der Waals surface area (Å²) in [6.07, 6.45) is 0. The molecule has 1 aromatic heterocycles. The van der Waals surface area contributed by atoms with E-state index in [4.69, 9.17) is 4.98 Å². The van der Waals surface area contributed by atoms with E-state index in [1.807, 2.05) is 91.0 Å². The van der Waals surface area contributed by atoms with E-state index < -0.39 is 15.4 Å². The average molecular weight is 493 g/mol. The third kappa shape index (κ3) is 5.35. The molecule has 5 rings (SSSR count). The summed E-state index contributed by atoms with van der Waals surface area (Å²) in [4.78, 5) is 4.82. The molecule has 5 aromatic rings. The van der Waals surface area contributed by atoms with Gasteiger partial charge < -0.3 is 10.2 Å². The molecule has 172 valence electrons. The van der Waals surface area contributed by atoms with Crippen LogP contribution < -0.4 is 31.4 Å². The monoisotopic (exact) mass is 493 g/mol. The first kappa shape index (κ1) is 23.1. The predicted octanol–water partition coefficient (Wildman–Crippen LogP) is 5.88. The van der Waals surface area contributed by atoms with Gasteiger partial charge in [-0.1, -0.05) is 103 Å². The van der Waals surface area contributed by atoms with Gasteiger partial charge in [-0.2, -0.15) is 0 Å². The molecule has 0 spiro atoms. The summed E-state index contributed by atoms with van der Waals surface area (Å²) >= 11 is 0. The van der Waals surface area contributed by atoms with E-state index in [1.54, 1.807) is 0 Å². The first-order chi connectivity index (χ1) is 17.2. The Bertz CT molecular complexity index is 1330. The topological polar surface area (TPSA) is 54.0 Å². The van der Waals surface area contributed by atoms with Crippen LogP contribution in [-0.2, 0) is 4.57 Å². The Hall–Kier alpha value is -3.71. The van der Waals surface area contributed by atoms with E-state index in [0.29, 0.717) is 5.82 Å². The van der Waals surface area contributed by atoms with Gasteiger partial charge in [0, 0.05) is 21.2 Å². The fourth-order valence-corrected chi connectivity index (χ4v) is 7.86. The number of hydrogen-bond donors (Lipinski definition) is 2. The van der Waals surface area contributed by atoms with Crippen molar-refractivity contribution in [3.63, 3.8) is 0 Å². The summed E-state index contributed by atoms with van der Waals surface area (Å²) < 4.78 is 14.4. The molecule has 2 N–H and O–H groups in total. The lowest BCUT2D eigenvalue weighted by molar-refractivity contribution is 0.590. The molecule has 0 aliphatic rings. The second-order valence-corrected chi connectivity index (χ2v) is 12.3. The third-order valence-electron chi connectivity index (χ3n) is 5.52. The minimum Gasteiger partial charge on any atom is -0.342 e. The van der Waals surface area contributed by atoms with E-state index in [-0.39, 0.29) is 0 Å². The second kappa shape index (κ2) is 10.7. The van der Waals surface area contributed by atoms with Crippen LogP contribution in [0.4, 0.5) is 11.6 Å². The maximum atomic E-state index is 14.4. The van der Waals surface area contributed by atoms with E-state index >= 15 is 0 Å². The fraction of sp³-hybridized carbons (Fsp3) is 0. The second-order valence-electron chi connectivity index (χ2n) is 7.92. The van der Waals surface area contributed by atoms with Gasteiger partial charge in [0.2, 0.25) is 7.29 Å². The van der Waals surface area contributed by atoms with Crippen LogP contribution in [0.5, 0.6) is 0 Å². The quantitative estimate of drug-likeness (QED) is 0.265. The van der Waals surface area contributed by atoms with Crippen molar-refractivity contribution < 1.29 is 4.57 Å². The van der Waals surface area contributed by atoms with Gasteiger partial charge in [-0.05, 0) is 36.4 Å². The fourth-order valence-electron chi connectivity index (χ4n) is 3.82. The van der Waals surface area contributed by atoms with Crippen molar-refractivity contribution in [1.82, 2.24) is 4.98 Å². The van der Waals surface area contributed by atoms with Crippen molar-refractivity contribution in [3.05, 3.63) is 140 Å². The highest BCUT2D eigenvalue weighted by Crippen LogP contribution is 2.43. The van der Waals surface area contributed by atoms with Crippen LogP contribution in [0, 0.1) is 0 Å². The largest absolute Gasteiger partial charge is 0.342 e. The molecule has 35 heavy (non-hydrogen) atoms. The predicted molar refractivity (Wildman–Crippen MR) is 150 cm³/mol. The summed E-state index contributed by atoms with van der Waals surface area (Å²) in [6.45, 7) is 0. The molecule has 0 fully saturated rings. The number of aromatic nitrogens is 1. The number of anilines is 2. The Balaban J connectivity index is 1.49. The lowest BCUT2D eigenvalue weighted by Gasteiger charge is -2.23. The summed E-state index contributed by atoms with van der Waals surface area (Å²) in [5, 5.41) is 10.8. The number of hydrogen-bond acceptors (Lipinski definition) is 3. The first-order valence-electron chi connectivity index (χ1n) is 11.4. The van der Waals surface area contributed by atoms with Gasteiger partial charge in [0.05, 0.1) is 8.07 Å². The molecular formula is C29H25N3OP2. The molecule has 0 saturated carbocycles. The van der Waals surface area contributed by atoms with Crippen LogP contribution in [0.15, 0.2) is 140 Å². The smallest absolute Gasteiger partial charge is 0.228 e. The van der Waals surface area contributed by atoms with Crippen molar-refractivity contribution in [2.45, 2.75) is 0 Å². The standard InChI is InChI=1S/C29H25N3OP2/c33-35(26-18-9-3-10-19-26,27-20-11-4-12-21-27)32-29-23-13-22-28(30-29)31-34(24-14-5-1-6-15-24)25-16-7-2-8-17-25/h1-23H,(H2,30,31,32,33). The normalized spacial score (nSPS) is 11.2. The van der Waals surface area contributed by atoms with Crippen LogP contribution in [0.25, 0.3) is 0 Å². The summed E-state index contributed by atoms with van der Waals surface area (Å²) in [6, 6.07) is 45.6. The number of rotatable bonds is 8. The zero-order chi connectivity index (χ0) is 23.9. The van der Waals surface area contributed by atoms with Gasteiger partial charge in [0.15, 0.2) is 0 Å². The molecular weight excluding hydrogens is 468 g/mol. The highest BCUT2D eigenvalue weighted by Gasteiger charge is 2.27. The van der Waals surface area contributed by atoms with E-state index in [1.165, 1.54) is 10.6 Å². The van der Waals surface area contributed by atoms with Crippen molar-refractivity contribution in [1.29, 1.82) is 0 Å². The SMILES string of the molecule is O=P(Nc1cccc(NP(c2ccccc2)c2ccccc2)n1)(c1ccccc1)c1ccccc1. The van der Waals surface area contributed by atoms with Gasteiger partial charge in [0.25, 0.3) is 0 Å². The van der Waals surface area contributed by atoms with Gasteiger partial charge in [0.1, 0.15) is 11.6 Å². The molecule has 0 saturated heterocycles. The summed E-state index contributed by atoms with van der Waals surface area (Å²) in [5.74, 6) is 1.28. The number of nitrogens with one attached hydrogen (secondary N) is 2. The van der Waals surface area contributed by atoms with Gasteiger partial charge >= 0.3 is 0 Å². The Morgan fingerprint density at radius 3 is 1.43 bits per heavy atom. The number of benzene rings is 4. The zero-order valence-corrected chi connectivity index (χ0v) is 20.8. The van der Waals surface area contributed by atoms with Crippen LogP contribution in [0.2, 0.25) is 0 Å². The van der Waals surface area contributed by atoms with Crippen molar-refractivity contribution in [3.8, 4) is 0 Å². The maximum absolute atomic E-state index is 14.4. The van der Waals surface area contributed by atoms with Crippen LogP contribution in [-0.4, -0.2) is 4.98 Å². The molecule has 0 aliphatic carbocycles. The zero-order valence-electron chi connectivity index (χ0n) is 19.0. The Kier molecular flexibility index (Phi) is 7.04. The minimum absolute atomic E-state index is 0.558. The van der Waals surface area contributed by atoms with Crippen molar-refractivity contribution in [2.75, 3.05) is 10.2 Å². The van der Waals surface area contributed by atoms with Crippen LogP contribution in [0.1, 0.15) is 0 Å². The lowest BCUT2D eigenvalue weighted by atomic mass is 10.4. The molecule has 4 nitrogen and oxygen atoms in total. The molecule has 1 heterocycles. The average Bonchev–Trinajstić information content (AvgIpc) is 2.94. The Labute approximate surface area is 207 Å². The molecule has 0 atom stereocenters. The lowest BCUT2D eigenvalue weighted by Crippen LogP contribution is -2.22. The van der Waals surface area contributed by atoms with Crippen molar-refractivity contribution >= 4 is 48.2 Å². The molecule has 0 aliphatic heterocycles. The van der Waals surface area contributed by atoms with Gasteiger partial charge in [-0.25, -0.2) is 4.98 Å². The first-order valence-corrected chi connectivity index (χ1v) is 14.4. The minimum atomic E-state index is -3.15. The van der Waals surface area contributed by atoms with Crippen LogP contribution in [0.3, 0.4) is 0 Å². The molecule has 0 radical (unpaired) electrons. The van der Waals surface area contributed by atoms with Crippen LogP contribution >= 0.6 is 15.4 Å². The number of nitrogens with zero attached hydrogens (tertiary/aromatic N) is 1.